The summed E-state index contributed by atoms with van der Waals surface area (Å²) in [5, 5.41) is 8.83. The molecule has 0 saturated heterocycles. The Morgan fingerprint density at radius 1 is 1.42 bits per heavy atom. The molecule has 0 aliphatic rings. The fraction of sp³-hybridized carbons (Fsp3) is 0.500. The molecule has 1 heterocycles. The first-order chi connectivity index (χ1) is 8.70. The van der Waals surface area contributed by atoms with Gasteiger partial charge in [-0.2, -0.15) is 13.2 Å². The Balaban J connectivity index is 2.64. The molecule has 106 valence electrons. The number of carboxylic acid groups (broad SMARTS) is 1. The van der Waals surface area contributed by atoms with E-state index < -0.39 is 18.8 Å². The van der Waals surface area contributed by atoms with Gasteiger partial charge >= 0.3 is 12.1 Å². The van der Waals surface area contributed by atoms with Crippen LogP contribution in [-0.2, 0) is 11.2 Å². The molecule has 0 radical (unpaired) electrons. The van der Waals surface area contributed by atoms with Crippen LogP contribution in [0.3, 0.4) is 0 Å². The lowest BCUT2D eigenvalue weighted by atomic mass is 10.2. The molecule has 0 aromatic carbocycles. The zero-order chi connectivity index (χ0) is 14.6. The van der Waals surface area contributed by atoms with E-state index in [9.17, 15) is 18.0 Å². The van der Waals surface area contributed by atoms with Crippen LogP contribution in [0.15, 0.2) is 0 Å². The highest BCUT2D eigenvalue weighted by Gasteiger charge is 2.27. The van der Waals surface area contributed by atoms with Crippen LogP contribution in [0.1, 0.15) is 21.9 Å². The number of ether oxygens (including phenoxy) is 1. The van der Waals surface area contributed by atoms with E-state index in [1.54, 1.807) is 0 Å². The van der Waals surface area contributed by atoms with Gasteiger partial charge in [0.25, 0.3) is 0 Å². The molecule has 0 fully saturated rings. The number of hydrogen-bond donors (Lipinski definition) is 2. The van der Waals surface area contributed by atoms with Crippen molar-refractivity contribution in [3.8, 4) is 0 Å². The van der Waals surface area contributed by atoms with Crippen molar-refractivity contribution >= 4 is 11.8 Å². The third-order valence-corrected chi connectivity index (χ3v) is 2.11. The first-order valence-corrected chi connectivity index (χ1v) is 5.21. The second kappa shape index (κ2) is 5.83. The van der Waals surface area contributed by atoms with Gasteiger partial charge in [0.15, 0.2) is 0 Å². The zero-order valence-corrected chi connectivity index (χ0v) is 9.99. The number of hydrogen-bond acceptors (Lipinski definition) is 5. The number of carbonyl (C=O) groups is 1. The molecule has 6 nitrogen and oxygen atoms in total. The number of anilines is 1. The van der Waals surface area contributed by atoms with Gasteiger partial charge in [-0.3, -0.25) is 0 Å². The Morgan fingerprint density at radius 2 is 2.05 bits per heavy atom. The molecule has 1 aromatic rings. The molecule has 19 heavy (non-hydrogen) atoms. The third kappa shape index (κ3) is 4.70. The maximum absolute atomic E-state index is 11.8. The van der Waals surface area contributed by atoms with E-state index in [1.807, 2.05) is 0 Å². The minimum atomic E-state index is -4.39. The largest absolute Gasteiger partial charge is 0.477 e. The maximum Gasteiger partial charge on any atom is 0.411 e. The number of halogens is 3. The lowest BCUT2D eigenvalue weighted by molar-refractivity contribution is -0.173. The number of aromatic nitrogens is 2. The number of alkyl halides is 3. The summed E-state index contributed by atoms with van der Waals surface area (Å²) in [5.74, 6) is -1.33. The van der Waals surface area contributed by atoms with Crippen molar-refractivity contribution in [2.24, 2.45) is 0 Å². The first kappa shape index (κ1) is 15.2. The Kier molecular flexibility index (Phi) is 4.65. The van der Waals surface area contributed by atoms with Gasteiger partial charge < -0.3 is 15.6 Å². The van der Waals surface area contributed by atoms with Gasteiger partial charge in [0.2, 0.25) is 0 Å². The molecular weight excluding hydrogens is 267 g/mol. The fourth-order valence-corrected chi connectivity index (χ4v) is 1.38. The van der Waals surface area contributed by atoms with Gasteiger partial charge in [0, 0.05) is 6.42 Å². The molecule has 0 unspecified atom stereocenters. The number of nitrogens with zero attached hydrogens (tertiary/aromatic N) is 2. The molecule has 0 spiro atoms. The maximum atomic E-state index is 11.8. The minimum absolute atomic E-state index is 0.0149. The van der Waals surface area contributed by atoms with E-state index >= 15 is 0 Å². The van der Waals surface area contributed by atoms with E-state index in [0.29, 0.717) is 0 Å². The summed E-state index contributed by atoms with van der Waals surface area (Å²) in [7, 11) is 0. The van der Waals surface area contributed by atoms with Crippen LogP contribution in [0, 0.1) is 6.92 Å². The van der Waals surface area contributed by atoms with Gasteiger partial charge in [-0.1, -0.05) is 0 Å². The molecule has 0 aliphatic carbocycles. The minimum Gasteiger partial charge on any atom is -0.477 e. The average molecular weight is 279 g/mol. The molecule has 0 amide bonds. The van der Waals surface area contributed by atoms with Crippen molar-refractivity contribution in [2.45, 2.75) is 19.5 Å². The topological polar surface area (TPSA) is 98.3 Å². The smallest absolute Gasteiger partial charge is 0.411 e. The first-order valence-electron chi connectivity index (χ1n) is 5.21. The van der Waals surface area contributed by atoms with E-state index in [0.717, 1.165) is 0 Å². The van der Waals surface area contributed by atoms with Crippen molar-refractivity contribution in [3.63, 3.8) is 0 Å². The molecule has 0 atom stereocenters. The monoisotopic (exact) mass is 279 g/mol. The Morgan fingerprint density at radius 3 is 2.53 bits per heavy atom. The molecule has 0 bridgehead atoms. The van der Waals surface area contributed by atoms with Crippen molar-refractivity contribution < 1.29 is 27.8 Å². The summed E-state index contributed by atoms with van der Waals surface area (Å²) >= 11 is 0. The van der Waals surface area contributed by atoms with Gasteiger partial charge in [-0.05, 0) is 6.92 Å². The standard InChI is InChI=1S/C10H12F3N3O3/c1-5-7(9(17)18)8(14)16-6(15-5)2-3-19-4-10(11,12)13/h2-4H2,1H3,(H,17,18)(H2,14,15,16). The van der Waals surface area contributed by atoms with Crippen molar-refractivity contribution in [3.05, 3.63) is 17.1 Å². The van der Waals surface area contributed by atoms with E-state index in [2.05, 4.69) is 14.7 Å². The molecule has 0 saturated carbocycles. The van der Waals surface area contributed by atoms with Gasteiger partial charge in [-0.15, -0.1) is 0 Å². The highest BCUT2D eigenvalue weighted by Crippen LogP contribution is 2.15. The quantitative estimate of drug-likeness (QED) is 0.785. The summed E-state index contributed by atoms with van der Waals surface area (Å²) < 4.78 is 39.8. The van der Waals surface area contributed by atoms with Crippen LogP contribution in [0.2, 0.25) is 0 Å². The van der Waals surface area contributed by atoms with E-state index in [-0.39, 0.29) is 35.9 Å². The molecule has 3 N–H and O–H groups in total. The van der Waals surface area contributed by atoms with Crippen LogP contribution in [0.5, 0.6) is 0 Å². The van der Waals surface area contributed by atoms with Crippen LogP contribution < -0.4 is 5.73 Å². The summed E-state index contributed by atoms with van der Waals surface area (Å²) in [4.78, 5) is 18.4. The summed E-state index contributed by atoms with van der Waals surface area (Å²) in [6.07, 6.45) is -4.37. The molecular formula is C10H12F3N3O3. The van der Waals surface area contributed by atoms with E-state index in [4.69, 9.17) is 10.8 Å². The van der Waals surface area contributed by atoms with Crippen LogP contribution in [0.4, 0.5) is 19.0 Å². The van der Waals surface area contributed by atoms with Crippen LogP contribution >= 0.6 is 0 Å². The molecule has 9 heteroatoms. The van der Waals surface area contributed by atoms with Gasteiger partial charge in [0.05, 0.1) is 12.3 Å². The Hall–Kier alpha value is -1.90. The number of rotatable bonds is 5. The number of nitrogens with two attached hydrogens (primary N) is 1. The number of aromatic carboxylic acids is 1. The van der Waals surface area contributed by atoms with E-state index in [1.165, 1.54) is 6.92 Å². The Bertz CT molecular complexity index is 454. The summed E-state index contributed by atoms with van der Waals surface area (Å²) in [6.45, 7) is -0.152. The zero-order valence-electron chi connectivity index (χ0n) is 9.99. The average Bonchev–Trinajstić information content (AvgIpc) is 2.21. The van der Waals surface area contributed by atoms with Crippen LogP contribution in [0.25, 0.3) is 0 Å². The van der Waals surface area contributed by atoms with Crippen molar-refractivity contribution in [1.82, 2.24) is 9.97 Å². The highest BCUT2D eigenvalue weighted by atomic mass is 19.4. The second-order valence-corrected chi connectivity index (χ2v) is 3.71. The van der Waals surface area contributed by atoms with Crippen LogP contribution in [-0.4, -0.2) is 40.4 Å². The van der Waals surface area contributed by atoms with Gasteiger partial charge in [0.1, 0.15) is 23.8 Å². The highest BCUT2D eigenvalue weighted by molar-refractivity contribution is 5.93. The lowest BCUT2D eigenvalue weighted by Gasteiger charge is -2.09. The molecule has 0 aliphatic heterocycles. The fourth-order valence-electron chi connectivity index (χ4n) is 1.38. The second-order valence-electron chi connectivity index (χ2n) is 3.71. The SMILES string of the molecule is Cc1nc(CCOCC(F)(F)F)nc(N)c1C(=O)O. The normalized spacial score (nSPS) is 11.6. The van der Waals surface area contributed by atoms with Crippen molar-refractivity contribution in [2.75, 3.05) is 18.9 Å². The Labute approximate surface area is 106 Å². The number of aryl methyl sites for hydroxylation is 1. The lowest BCUT2D eigenvalue weighted by Crippen LogP contribution is -2.19. The summed E-state index contributed by atoms with van der Waals surface area (Å²) in [6, 6.07) is 0. The molecule has 1 rings (SSSR count). The third-order valence-electron chi connectivity index (χ3n) is 2.11. The predicted molar refractivity (Wildman–Crippen MR) is 58.7 cm³/mol. The van der Waals surface area contributed by atoms with Crippen molar-refractivity contribution in [1.29, 1.82) is 0 Å². The number of carboxylic acids is 1. The number of nitrogen functional groups attached to an aromatic ring is 1. The summed E-state index contributed by atoms with van der Waals surface area (Å²) in [5.41, 5.74) is 5.39. The predicted octanol–water partition coefficient (Wildman–Crippen LogP) is 1.19. The molecule has 1 aromatic heterocycles. The van der Waals surface area contributed by atoms with Gasteiger partial charge in [-0.25, -0.2) is 14.8 Å².